The summed E-state index contributed by atoms with van der Waals surface area (Å²) in [6.45, 7) is 0.511. The van der Waals surface area contributed by atoms with E-state index in [0.29, 0.717) is 40.7 Å². The summed E-state index contributed by atoms with van der Waals surface area (Å²) in [6, 6.07) is 6.22. The largest absolute Gasteiger partial charge is 0.416 e. The van der Waals surface area contributed by atoms with E-state index in [-0.39, 0.29) is 40.1 Å². The van der Waals surface area contributed by atoms with Crippen LogP contribution >= 0.6 is 23.2 Å². The Morgan fingerprint density at radius 2 is 1.90 bits per heavy atom. The number of anilines is 2. The third kappa shape index (κ3) is 4.95. The number of hydrogen-bond acceptors (Lipinski definition) is 6. The molecule has 2 aliphatic heterocycles. The second-order valence-corrected chi connectivity index (χ2v) is 10.9. The summed E-state index contributed by atoms with van der Waals surface area (Å²) < 4.78 is 40.8. The smallest absolute Gasteiger partial charge is 0.382 e. The van der Waals surface area contributed by atoms with Gasteiger partial charge < -0.3 is 16.0 Å². The molecule has 6 rings (SSSR count). The zero-order valence-electron chi connectivity index (χ0n) is 21.3. The third-order valence-electron chi connectivity index (χ3n) is 7.57. The van der Waals surface area contributed by atoms with E-state index in [4.69, 9.17) is 33.9 Å². The summed E-state index contributed by atoms with van der Waals surface area (Å²) in [5.41, 5.74) is 6.73. The molecule has 14 heteroatoms. The lowest BCUT2D eigenvalue weighted by Gasteiger charge is -2.34. The highest BCUT2D eigenvalue weighted by molar-refractivity contribution is 6.34. The molecule has 0 unspecified atom stereocenters. The quantitative estimate of drug-likeness (QED) is 0.303. The van der Waals surface area contributed by atoms with Crippen LogP contribution in [-0.4, -0.2) is 48.7 Å². The number of carbonyl (C=O) groups excluding carboxylic acids is 2. The first-order chi connectivity index (χ1) is 19.5. The molecule has 0 saturated carbocycles. The van der Waals surface area contributed by atoms with Crippen molar-refractivity contribution in [3.63, 3.8) is 0 Å². The molecular weight excluding hydrogens is 582 g/mol. The van der Waals surface area contributed by atoms with Crippen molar-refractivity contribution in [2.45, 2.75) is 43.8 Å². The van der Waals surface area contributed by atoms with E-state index in [1.807, 2.05) is 4.90 Å². The van der Waals surface area contributed by atoms with Gasteiger partial charge in [-0.3, -0.25) is 14.0 Å². The first-order valence-electron chi connectivity index (χ1n) is 12.8. The van der Waals surface area contributed by atoms with Crippen LogP contribution in [0.2, 0.25) is 10.2 Å². The molecule has 3 N–H and O–H groups in total. The number of halogens is 5. The van der Waals surface area contributed by atoms with Crippen molar-refractivity contribution in [1.82, 2.24) is 24.3 Å². The summed E-state index contributed by atoms with van der Waals surface area (Å²) >= 11 is 13.2. The number of piperidine rings is 1. The van der Waals surface area contributed by atoms with Crippen LogP contribution in [-0.2, 0) is 11.0 Å². The summed E-state index contributed by atoms with van der Waals surface area (Å²) in [4.78, 5) is 40.1. The van der Waals surface area contributed by atoms with Crippen molar-refractivity contribution in [2.24, 2.45) is 0 Å². The van der Waals surface area contributed by atoms with Crippen LogP contribution in [0.5, 0.6) is 0 Å². The summed E-state index contributed by atoms with van der Waals surface area (Å²) in [6.07, 6.45) is 0.876. The number of benzene rings is 1. The molecule has 0 spiro atoms. The summed E-state index contributed by atoms with van der Waals surface area (Å²) in [7, 11) is 0. The van der Waals surface area contributed by atoms with E-state index in [9.17, 15) is 22.8 Å². The van der Waals surface area contributed by atoms with Crippen LogP contribution < -0.4 is 11.1 Å². The number of fused-ring (bicyclic) bond motifs is 2. The number of rotatable bonds is 4. The molecule has 0 radical (unpaired) electrons. The fourth-order valence-corrected chi connectivity index (χ4v) is 6.07. The van der Waals surface area contributed by atoms with Gasteiger partial charge in [0.2, 0.25) is 5.91 Å². The summed E-state index contributed by atoms with van der Waals surface area (Å²) in [5, 5.41) is 2.81. The van der Waals surface area contributed by atoms with Gasteiger partial charge in [-0.05, 0) is 43.5 Å². The average molecular weight is 604 g/mol. The van der Waals surface area contributed by atoms with Crippen molar-refractivity contribution in [3.05, 3.63) is 69.9 Å². The van der Waals surface area contributed by atoms with Gasteiger partial charge in [0.25, 0.3) is 5.91 Å². The first-order valence-corrected chi connectivity index (χ1v) is 13.5. The molecule has 3 aromatic heterocycles. The number of amides is 2. The standard InChI is InChI=1S/C27H22Cl2F3N7O2/c28-18-9-13(26(41)36-20-10-15(7-8-34-20)27(30,31)32)2-5-17(18)22-23-24(33)35-11-19(29)39(23)25(37-22)14-1-3-16-4-6-21(40)38(16)12-14/h2,5,7-11,14,16H,1,3-4,6,12H2,(H2,33,35)(H,34,36,41)/t14-,16+/m1/s1. The highest BCUT2D eigenvalue weighted by atomic mass is 35.5. The van der Waals surface area contributed by atoms with E-state index < -0.39 is 17.6 Å². The molecule has 2 saturated heterocycles. The molecule has 1 aromatic carbocycles. The monoisotopic (exact) mass is 603 g/mol. The number of imidazole rings is 1. The topological polar surface area (TPSA) is 119 Å². The van der Waals surface area contributed by atoms with Gasteiger partial charge in [0, 0.05) is 42.2 Å². The Morgan fingerprint density at radius 1 is 1.10 bits per heavy atom. The Morgan fingerprint density at radius 3 is 2.66 bits per heavy atom. The van der Waals surface area contributed by atoms with Crippen LogP contribution in [0.3, 0.4) is 0 Å². The highest BCUT2D eigenvalue weighted by Crippen LogP contribution is 2.40. The molecule has 2 amide bonds. The van der Waals surface area contributed by atoms with Gasteiger partial charge >= 0.3 is 6.18 Å². The highest BCUT2D eigenvalue weighted by Gasteiger charge is 2.39. The number of nitrogens with two attached hydrogens (primary N) is 1. The summed E-state index contributed by atoms with van der Waals surface area (Å²) in [5.74, 6) is -0.127. The van der Waals surface area contributed by atoms with E-state index in [2.05, 4.69) is 15.3 Å². The van der Waals surface area contributed by atoms with Gasteiger partial charge in [-0.25, -0.2) is 15.0 Å². The molecule has 0 bridgehead atoms. The van der Waals surface area contributed by atoms with Crippen molar-refractivity contribution in [3.8, 4) is 11.3 Å². The number of nitrogens with one attached hydrogen (secondary N) is 1. The van der Waals surface area contributed by atoms with Gasteiger partial charge in [0.05, 0.1) is 16.8 Å². The molecule has 2 aliphatic rings. The van der Waals surface area contributed by atoms with E-state index in [0.717, 1.165) is 37.6 Å². The lowest BCUT2D eigenvalue weighted by Crippen LogP contribution is -2.41. The number of alkyl halides is 3. The Hall–Kier alpha value is -3.90. The van der Waals surface area contributed by atoms with Gasteiger partial charge in [-0.1, -0.05) is 29.3 Å². The van der Waals surface area contributed by atoms with Crippen LogP contribution in [0.15, 0.2) is 42.7 Å². The Kier molecular flexibility index (Phi) is 6.77. The number of aromatic nitrogens is 4. The first kappa shape index (κ1) is 27.3. The number of carbonyl (C=O) groups is 2. The van der Waals surface area contributed by atoms with Crippen LogP contribution in [0.1, 0.15) is 53.3 Å². The van der Waals surface area contributed by atoms with Gasteiger partial charge in [-0.2, -0.15) is 13.2 Å². The lowest BCUT2D eigenvalue weighted by molar-refractivity contribution is -0.137. The minimum atomic E-state index is -4.58. The maximum absolute atomic E-state index is 13.0. The second kappa shape index (κ2) is 10.2. The Balaban J connectivity index is 1.34. The fraction of sp³-hybridized carbons (Fsp3) is 0.296. The average Bonchev–Trinajstić information content (AvgIpc) is 3.52. The molecule has 41 heavy (non-hydrogen) atoms. The molecule has 4 aromatic rings. The number of hydrogen-bond donors (Lipinski definition) is 2. The number of pyridine rings is 1. The predicted octanol–water partition coefficient (Wildman–Crippen LogP) is 5.82. The van der Waals surface area contributed by atoms with E-state index >= 15 is 0 Å². The fourth-order valence-electron chi connectivity index (χ4n) is 5.58. The van der Waals surface area contributed by atoms with Gasteiger partial charge in [0.1, 0.15) is 33.8 Å². The van der Waals surface area contributed by atoms with Crippen molar-refractivity contribution in [1.29, 1.82) is 0 Å². The van der Waals surface area contributed by atoms with E-state index in [1.165, 1.54) is 18.3 Å². The van der Waals surface area contributed by atoms with Gasteiger partial charge in [0.15, 0.2) is 0 Å². The molecule has 0 aliphatic carbocycles. The predicted molar refractivity (Wildman–Crippen MR) is 147 cm³/mol. The molecule has 212 valence electrons. The molecule has 2 atom stereocenters. The molecule has 5 heterocycles. The van der Waals surface area contributed by atoms with Crippen LogP contribution in [0.4, 0.5) is 24.8 Å². The Labute approximate surface area is 241 Å². The minimum Gasteiger partial charge on any atom is -0.382 e. The minimum absolute atomic E-state index is 0.0942. The van der Waals surface area contributed by atoms with Crippen molar-refractivity contribution in [2.75, 3.05) is 17.6 Å². The molecule has 9 nitrogen and oxygen atoms in total. The SMILES string of the molecule is Nc1ncc(Cl)n2c([C@@H]3CC[C@H]4CCC(=O)N4C3)nc(-c3ccc(C(=O)Nc4cc(C(F)(F)F)ccn4)cc3Cl)c12. The van der Waals surface area contributed by atoms with Crippen LogP contribution in [0, 0.1) is 0 Å². The van der Waals surface area contributed by atoms with Crippen LogP contribution in [0.25, 0.3) is 16.8 Å². The van der Waals surface area contributed by atoms with Gasteiger partial charge in [-0.15, -0.1) is 0 Å². The zero-order chi connectivity index (χ0) is 29.1. The molecular formula is C27H22Cl2F3N7O2. The number of nitrogens with zero attached hydrogens (tertiary/aromatic N) is 5. The molecule has 2 fully saturated rings. The number of nitrogen functional groups attached to an aromatic ring is 1. The van der Waals surface area contributed by atoms with Crippen molar-refractivity contribution >= 4 is 52.2 Å². The van der Waals surface area contributed by atoms with E-state index in [1.54, 1.807) is 10.5 Å². The maximum Gasteiger partial charge on any atom is 0.416 e. The maximum atomic E-state index is 13.0. The van der Waals surface area contributed by atoms with Crippen molar-refractivity contribution < 1.29 is 22.8 Å². The third-order valence-corrected chi connectivity index (χ3v) is 8.15. The second-order valence-electron chi connectivity index (χ2n) is 10.1. The lowest BCUT2D eigenvalue weighted by atomic mass is 9.92. The normalized spacial score (nSPS) is 19.0. The zero-order valence-corrected chi connectivity index (χ0v) is 22.8. The Bertz CT molecular complexity index is 1710.